The fraction of sp³-hybridized carbons (Fsp3) is 0.360. The highest BCUT2D eigenvalue weighted by molar-refractivity contribution is 6.09. The summed E-state index contributed by atoms with van der Waals surface area (Å²) in [5.41, 5.74) is 1.02. The van der Waals surface area contributed by atoms with E-state index in [-0.39, 0.29) is 17.5 Å². The molecular formula is C25H27NO2. The number of carbonyl (C=O) groups is 1. The number of pyridine rings is 1. The first kappa shape index (κ1) is 18.8. The predicted molar refractivity (Wildman–Crippen MR) is 113 cm³/mol. The lowest BCUT2D eigenvalue weighted by Gasteiger charge is -2.31. The third-order valence-corrected chi connectivity index (χ3v) is 5.59. The summed E-state index contributed by atoms with van der Waals surface area (Å²) in [6.45, 7) is 4.28. The second kappa shape index (κ2) is 7.84. The van der Waals surface area contributed by atoms with E-state index in [4.69, 9.17) is 4.74 Å². The SMILES string of the molecule is CC(CCCc1ccccc1)OC1(C)C=c2ncc3c(c2=CC1)=CC(=O)CC=3. The van der Waals surface area contributed by atoms with Crippen molar-refractivity contribution in [1.82, 2.24) is 4.98 Å². The van der Waals surface area contributed by atoms with Crippen LogP contribution in [0.3, 0.4) is 0 Å². The molecule has 4 rings (SSSR count). The zero-order valence-electron chi connectivity index (χ0n) is 16.7. The van der Waals surface area contributed by atoms with Crippen LogP contribution >= 0.6 is 0 Å². The Labute approximate surface area is 165 Å². The monoisotopic (exact) mass is 373 g/mol. The minimum Gasteiger partial charge on any atom is -0.368 e. The summed E-state index contributed by atoms with van der Waals surface area (Å²) in [6, 6.07) is 10.6. The number of ether oxygens (including phenoxy) is 1. The number of aromatic nitrogens is 1. The average molecular weight is 373 g/mol. The van der Waals surface area contributed by atoms with Gasteiger partial charge in [-0.2, -0.15) is 0 Å². The van der Waals surface area contributed by atoms with E-state index in [1.165, 1.54) is 5.56 Å². The molecular weight excluding hydrogens is 346 g/mol. The maximum Gasteiger partial charge on any atom is 0.160 e. The van der Waals surface area contributed by atoms with Gasteiger partial charge in [-0.25, -0.2) is 0 Å². The molecule has 2 aliphatic rings. The molecule has 3 nitrogen and oxygen atoms in total. The van der Waals surface area contributed by atoms with Gasteiger partial charge in [0, 0.05) is 17.8 Å². The van der Waals surface area contributed by atoms with Crippen molar-refractivity contribution in [2.24, 2.45) is 0 Å². The third kappa shape index (κ3) is 4.15. The lowest BCUT2D eigenvalue weighted by Crippen LogP contribution is -2.54. The largest absolute Gasteiger partial charge is 0.368 e. The molecule has 3 heteroatoms. The van der Waals surface area contributed by atoms with Crippen molar-refractivity contribution in [3.63, 3.8) is 0 Å². The van der Waals surface area contributed by atoms with Crippen molar-refractivity contribution in [2.75, 3.05) is 0 Å². The van der Waals surface area contributed by atoms with E-state index in [1.54, 1.807) is 6.08 Å². The smallest absolute Gasteiger partial charge is 0.160 e. The number of carbonyl (C=O) groups excluding carboxylic acids is 1. The Hall–Kier alpha value is -2.52. The van der Waals surface area contributed by atoms with Crippen LogP contribution in [0.25, 0.3) is 24.3 Å². The van der Waals surface area contributed by atoms with Gasteiger partial charge in [-0.15, -0.1) is 0 Å². The summed E-state index contributed by atoms with van der Waals surface area (Å²) in [5, 5.41) is 4.06. The Balaban J connectivity index is 1.47. The molecule has 0 bridgehead atoms. The molecule has 0 saturated heterocycles. The molecule has 0 spiro atoms. The van der Waals surface area contributed by atoms with E-state index in [1.807, 2.05) is 12.3 Å². The van der Waals surface area contributed by atoms with Crippen LogP contribution in [0.4, 0.5) is 0 Å². The number of benzene rings is 1. The van der Waals surface area contributed by atoms with Crippen molar-refractivity contribution < 1.29 is 9.53 Å². The average Bonchev–Trinajstić information content (AvgIpc) is 2.68. The highest BCUT2D eigenvalue weighted by atomic mass is 16.5. The quantitative estimate of drug-likeness (QED) is 0.775. The molecule has 2 aliphatic carbocycles. The van der Waals surface area contributed by atoms with Gasteiger partial charge in [0.1, 0.15) is 0 Å². The number of hydrogen-bond acceptors (Lipinski definition) is 3. The number of rotatable bonds is 6. The molecule has 2 aromatic rings. The number of aryl methyl sites for hydroxylation is 1. The molecule has 0 N–H and O–H groups in total. The molecule has 2 unspecified atom stereocenters. The molecule has 28 heavy (non-hydrogen) atoms. The van der Waals surface area contributed by atoms with Gasteiger partial charge in [-0.05, 0) is 67.7 Å². The summed E-state index contributed by atoms with van der Waals surface area (Å²) in [5.74, 6) is 0.158. The molecule has 0 aliphatic heterocycles. The van der Waals surface area contributed by atoms with Crippen molar-refractivity contribution in [1.29, 1.82) is 0 Å². The van der Waals surface area contributed by atoms with E-state index in [2.05, 4.69) is 61.3 Å². The number of Topliss-reactive ketones (excluding diaryl/α,β-unsaturated/α-hetero) is 1. The zero-order chi connectivity index (χ0) is 19.6. The van der Waals surface area contributed by atoms with Crippen LogP contribution in [0.2, 0.25) is 0 Å². The van der Waals surface area contributed by atoms with Gasteiger partial charge >= 0.3 is 0 Å². The minimum absolute atomic E-state index is 0.158. The summed E-state index contributed by atoms with van der Waals surface area (Å²) >= 11 is 0. The number of fused-ring (bicyclic) bond motifs is 3. The topological polar surface area (TPSA) is 39.2 Å². The standard InChI is InChI=1S/C25H27NO2/c1-18(7-6-10-19-8-4-3-5-9-19)28-25(2)14-13-22-23-15-21(27)12-11-20(23)17-26-24(22)16-25/h3-5,8-9,11,13,15-18H,6-7,10,12,14H2,1-2H3. The lowest BCUT2D eigenvalue weighted by molar-refractivity contribution is -0.112. The fourth-order valence-corrected chi connectivity index (χ4v) is 4.15. The molecule has 1 heterocycles. The van der Waals surface area contributed by atoms with Crippen LogP contribution < -0.4 is 21.0 Å². The zero-order valence-corrected chi connectivity index (χ0v) is 16.7. The summed E-state index contributed by atoms with van der Waals surface area (Å²) in [4.78, 5) is 16.5. The maximum atomic E-state index is 11.8. The van der Waals surface area contributed by atoms with E-state index >= 15 is 0 Å². The molecule has 0 amide bonds. The highest BCUT2D eigenvalue weighted by Crippen LogP contribution is 2.23. The first-order chi connectivity index (χ1) is 13.5. The van der Waals surface area contributed by atoms with Crippen LogP contribution in [0.5, 0.6) is 0 Å². The highest BCUT2D eigenvalue weighted by Gasteiger charge is 2.26. The van der Waals surface area contributed by atoms with Gasteiger partial charge in [-0.3, -0.25) is 9.78 Å². The second-order valence-electron chi connectivity index (χ2n) is 8.12. The molecule has 0 fully saturated rings. The van der Waals surface area contributed by atoms with Crippen LogP contribution in [-0.2, 0) is 16.0 Å². The molecule has 144 valence electrons. The van der Waals surface area contributed by atoms with Crippen LogP contribution in [0.1, 0.15) is 45.1 Å². The first-order valence-corrected chi connectivity index (χ1v) is 10.2. The Morgan fingerprint density at radius 1 is 1.18 bits per heavy atom. The van der Waals surface area contributed by atoms with Gasteiger partial charge in [0.2, 0.25) is 0 Å². The van der Waals surface area contributed by atoms with E-state index in [0.29, 0.717) is 6.42 Å². The van der Waals surface area contributed by atoms with Crippen LogP contribution in [0, 0.1) is 0 Å². The van der Waals surface area contributed by atoms with Crippen LogP contribution in [-0.4, -0.2) is 22.5 Å². The molecule has 0 radical (unpaired) electrons. The second-order valence-corrected chi connectivity index (χ2v) is 8.12. The van der Waals surface area contributed by atoms with Crippen LogP contribution in [0.15, 0.2) is 36.5 Å². The Morgan fingerprint density at radius 2 is 2.00 bits per heavy atom. The number of hydrogen-bond donors (Lipinski definition) is 0. The van der Waals surface area contributed by atoms with Crippen molar-refractivity contribution in [2.45, 2.75) is 57.7 Å². The van der Waals surface area contributed by atoms with Gasteiger partial charge in [-0.1, -0.05) is 42.5 Å². The van der Waals surface area contributed by atoms with E-state index < -0.39 is 0 Å². The number of ketones is 1. The molecule has 0 saturated carbocycles. The van der Waals surface area contributed by atoms with Gasteiger partial charge < -0.3 is 4.74 Å². The summed E-state index contributed by atoms with van der Waals surface area (Å²) in [6.07, 6.45) is 14.6. The van der Waals surface area contributed by atoms with Gasteiger partial charge in [0.15, 0.2) is 5.78 Å². The van der Waals surface area contributed by atoms with Gasteiger partial charge in [0.05, 0.1) is 17.1 Å². The molecule has 2 atom stereocenters. The van der Waals surface area contributed by atoms with Crippen molar-refractivity contribution in [3.05, 3.63) is 63.1 Å². The minimum atomic E-state index is -0.358. The third-order valence-electron chi connectivity index (χ3n) is 5.59. The number of nitrogens with zero attached hydrogens (tertiary/aromatic N) is 1. The summed E-state index contributed by atoms with van der Waals surface area (Å²) in [7, 11) is 0. The van der Waals surface area contributed by atoms with Crippen molar-refractivity contribution in [3.8, 4) is 0 Å². The Morgan fingerprint density at radius 3 is 2.82 bits per heavy atom. The van der Waals surface area contributed by atoms with E-state index in [0.717, 1.165) is 46.7 Å². The molecule has 1 aromatic carbocycles. The summed E-state index contributed by atoms with van der Waals surface area (Å²) < 4.78 is 6.43. The first-order valence-electron chi connectivity index (χ1n) is 10.2. The van der Waals surface area contributed by atoms with Gasteiger partial charge in [0.25, 0.3) is 0 Å². The molecule has 1 aromatic heterocycles. The van der Waals surface area contributed by atoms with Crippen molar-refractivity contribution >= 4 is 30.1 Å². The lowest BCUT2D eigenvalue weighted by atomic mass is 9.94. The Kier molecular flexibility index (Phi) is 5.27. The Bertz CT molecular complexity index is 1120. The fourth-order valence-electron chi connectivity index (χ4n) is 4.15. The normalized spacial score (nSPS) is 21.3. The predicted octanol–water partition coefficient (Wildman–Crippen LogP) is 1.77. The maximum absolute atomic E-state index is 11.8. The van der Waals surface area contributed by atoms with E-state index in [9.17, 15) is 4.79 Å².